The van der Waals surface area contributed by atoms with E-state index in [-0.39, 0.29) is 11.0 Å². The number of hydrogen-bond donors (Lipinski definition) is 1. The third-order valence-corrected chi connectivity index (χ3v) is 17.4. The first kappa shape index (κ1) is 44.6. The van der Waals surface area contributed by atoms with E-state index in [0.717, 1.165) is 31.7 Å². The van der Waals surface area contributed by atoms with E-state index in [0.29, 0.717) is 0 Å². The van der Waals surface area contributed by atoms with Gasteiger partial charge in [0.15, 0.2) is 0 Å². The standard InChI is InChI=1S/C55H56N2O2S4/c1-3-5-7-9-11-19-33-55(34-20-12-10-8-6-4-2)45-36-50(39-25-27-43(28-26-39)57(41-21-15-13-16-22-41)42-23-17-14-18-24-42)62-52(45)53-46(55)37-51(63-53)49-32-31-48(61-49)47-30-29-44(60-47)35-40(38-56)54(58)59/h13-18,21-32,35-37H,3-12,19-20,33-34H2,1-2H3,(H,58,59). The molecule has 4 nitrogen and oxygen atoms in total. The lowest BCUT2D eigenvalue weighted by molar-refractivity contribution is -0.132. The molecule has 1 N–H and O–H groups in total. The van der Waals surface area contributed by atoms with Gasteiger partial charge < -0.3 is 10.0 Å². The van der Waals surface area contributed by atoms with Crippen LogP contribution in [0.15, 0.2) is 127 Å². The van der Waals surface area contributed by atoms with Crippen molar-refractivity contribution in [3.05, 3.63) is 143 Å². The van der Waals surface area contributed by atoms with Crippen LogP contribution in [0.4, 0.5) is 17.1 Å². The quantitative estimate of drug-likeness (QED) is 0.0418. The normalized spacial score (nSPS) is 12.9. The van der Waals surface area contributed by atoms with E-state index in [1.807, 2.05) is 34.8 Å². The van der Waals surface area contributed by atoms with Crippen molar-refractivity contribution in [1.29, 1.82) is 5.26 Å². The summed E-state index contributed by atoms with van der Waals surface area (Å²) in [5.41, 5.74) is 7.54. The van der Waals surface area contributed by atoms with Gasteiger partial charge in [0.25, 0.3) is 0 Å². The number of anilines is 3. The smallest absolute Gasteiger partial charge is 0.346 e. The van der Waals surface area contributed by atoms with E-state index in [9.17, 15) is 15.2 Å². The van der Waals surface area contributed by atoms with E-state index < -0.39 is 5.97 Å². The summed E-state index contributed by atoms with van der Waals surface area (Å²) in [6.45, 7) is 4.60. The van der Waals surface area contributed by atoms with Crippen molar-refractivity contribution in [2.24, 2.45) is 0 Å². The summed E-state index contributed by atoms with van der Waals surface area (Å²) in [6, 6.07) is 45.8. The molecule has 8 heteroatoms. The summed E-state index contributed by atoms with van der Waals surface area (Å²) < 4.78 is 0. The molecule has 8 rings (SSSR count). The molecule has 3 aromatic carbocycles. The fourth-order valence-corrected chi connectivity index (χ4v) is 14.0. The molecular formula is C55H56N2O2S4. The molecule has 1 aliphatic rings. The molecule has 4 aromatic heterocycles. The maximum Gasteiger partial charge on any atom is 0.346 e. The van der Waals surface area contributed by atoms with Gasteiger partial charge in [-0.2, -0.15) is 5.26 Å². The Hall–Kier alpha value is -5.04. The maximum atomic E-state index is 11.5. The van der Waals surface area contributed by atoms with Gasteiger partial charge in [-0.15, -0.1) is 45.3 Å². The number of para-hydroxylation sites is 2. The summed E-state index contributed by atoms with van der Waals surface area (Å²) in [7, 11) is 0. The highest BCUT2D eigenvalue weighted by Crippen LogP contribution is 2.62. The first-order valence-electron chi connectivity index (χ1n) is 22.8. The molecule has 7 aromatic rings. The first-order chi connectivity index (χ1) is 30.9. The minimum Gasteiger partial charge on any atom is -0.477 e. The number of unbranched alkanes of at least 4 members (excludes halogenated alkanes) is 10. The lowest BCUT2D eigenvalue weighted by atomic mass is 9.71. The van der Waals surface area contributed by atoms with E-state index >= 15 is 0 Å². The Balaban J connectivity index is 1.15. The molecule has 0 fully saturated rings. The Kier molecular flexibility index (Phi) is 14.9. The van der Waals surface area contributed by atoms with Gasteiger partial charge in [-0.25, -0.2) is 4.79 Å². The second-order valence-electron chi connectivity index (χ2n) is 16.7. The average molecular weight is 905 g/mol. The van der Waals surface area contributed by atoms with Crippen molar-refractivity contribution in [2.45, 2.75) is 109 Å². The molecule has 0 spiro atoms. The number of nitriles is 1. The number of nitrogens with zero attached hydrogens (tertiary/aromatic N) is 2. The Morgan fingerprint density at radius 3 is 1.60 bits per heavy atom. The van der Waals surface area contributed by atoms with Crippen LogP contribution >= 0.6 is 45.3 Å². The van der Waals surface area contributed by atoms with Crippen molar-refractivity contribution >= 4 is 74.5 Å². The third kappa shape index (κ3) is 10.0. The van der Waals surface area contributed by atoms with Gasteiger partial charge in [0.1, 0.15) is 11.6 Å². The van der Waals surface area contributed by atoms with Crippen LogP contribution in [0, 0.1) is 11.3 Å². The topological polar surface area (TPSA) is 64.3 Å². The van der Waals surface area contributed by atoms with Gasteiger partial charge in [0.05, 0.1) is 0 Å². The molecule has 0 atom stereocenters. The number of carboxylic acids is 1. The molecule has 4 heterocycles. The second-order valence-corrected chi connectivity index (χ2v) is 21.0. The minimum atomic E-state index is -1.20. The van der Waals surface area contributed by atoms with Gasteiger partial charge in [0.2, 0.25) is 0 Å². The van der Waals surface area contributed by atoms with Crippen molar-refractivity contribution in [1.82, 2.24) is 0 Å². The molecule has 63 heavy (non-hydrogen) atoms. The lowest BCUT2D eigenvalue weighted by Gasteiger charge is -2.31. The van der Waals surface area contributed by atoms with Crippen LogP contribution in [-0.2, 0) is 10.2 Å². The number of aliphatic carboxylic acids is 1. The highest BCUT2D eigenvalue weighted by Gasteiger charge is 2.45. The predicted molar refractivity (Wildman–Crippen MR) is 272 cm³/mol. The zero-order valence-corrected chi connectivity index (χ0v) is 39.7. The average Bonchev–Trinajstić information content (AvgIpc) is 4.16. The van der Waals surface area contributed by atoms with Gasteiger partial charge in [-0.3, -0.25) is 0 Å². The number of thiophene rings is 4. The van der Waals surface area contributed by atoms with Gasteiger partial charge in [0, 0.05) is 61.5 Å². The summed E-state index contributed by atoms with van der Waals surface area (Å²) >= 11 is 7.27. The van der Waals surface area contributed by atoms with Gasteiger partial charge in [-0.1, -0.05) is 139 Å². The summed E-state index contributed by atoms with van der Waals surface area (Å²) in [5.74, 6) is -1.20. The van der Waals surface area contributed by atoms with Crippen LogP contribution in [-0.4, -0.2) is 11.1 Å². The zero-order valence-electron chi connectivity index (χ0n) is 36.4. The highest BCUT2D eigenvalue weighted by molar-refractivity contribution is 7.29. The molecule has 0 saturated heterocycles. The van der Waals surface area contributed by atoms with Crippen LogP contribution in [0.5, 0.6) is 0 Å². The zero-order chi connectivity index (χ0) is 43.6. The minimum absolute atomic E-state index is 0.00128. The summed E-state index contributed by atoms with van der Waals surface area (Å²) in [4.78, 5) is 23.7. The second kappa shape index (κ2) is 21.1. The molecule has 322 valence electrons. The van der Waals surface area contributed by atoms with Crippen molar-refractivity contribution in [3.63, 3.8) is 0 Å². The van der Waals surface area contributed by atoms with Crippen molar-refractivity contribution < 1.29 is 9.90 Å². The molecule has 0 radical (unpaired) electrons. The monoisotopic (exact) mass is 904 g/mol. The Morgan fingerprint density at radius 2 is 1.05 bits per heavy atom. The molecule has 0 saturated carbocycles. The van der Waals surface area contributed by atoms with Crippen LogP contribution in [0.2, 0.25) is 0 Å². The lowest BCUT2D eigenvalue weighted by Crippen LogP contribution is -2.25. The molecular weight excluding hydrogens is 849 g/mol. The van der Waals surface area contributed by atoms with E-state index in [4.69, 9.17) is 0 Å². The highest BCUT2D eigenvalue weighted by atomic mass is 32.1. The van der Waals surface area contributed by atoms with E-state index in [1.54, 1.807) is 28.5 Å². The van der Waals surface area contributed by atoms with Crippen LogP contribution in [0.1, 0.15) is 120 Å². The van der Waals surface area contributed by atoms with Gasteiger partial charge in [-0.05, 0) is 108 Å². The molecule has 0 bridgehead atoms. The SMILES string of the molecule is CCCCCCCCC1(CCCCCCCC)c2cc(-c3ccc(N(c4ccccc4)c4ccccc4)cc3)sc2-c2sc(-c3ccc(-c4ccc(C=C(C#N)C(=O)O)s4)s3)cc21. The number of benzene rings is 3. The fraction of sp³-hybridized carbons (Fsp3) is 0.309. The van der Waals surface area contributed by atoms with Crippen molar-refractivity contribution in [2.75, 3.05) is 4.90 Å². The van der Waals surface area contributed by atoms with Crippen LogP contribution in [0.25, 0.3) is 45.8 Å². The number of fused-ring (bicyclic) bond motifs is 3. The number of hydrogen-bond acceptors (Lipinski definition) is 7. The Bertz CT molecular complexity index is 2600. The first-order valence-corrected chi connectivity index (χ1v) is 26.0. The number of carboxylic acid groups (broad SMARTS) is 1. The summed E-state index contributed by atoms with van der Waals surface area (Å²) in [6.07, 6.45) is 19.3. The fourth-order valence-electron chi connectivity index (χ4n) is 9.14. The molecule has 0 unspecified atom stereocenters. The molecule has 1 aliphatic carbocycles. The molecule has 0 aliphatic heterocycles. The van der Waals surface area contributed by atoms with E-state index in [2.05, 4.69) is 128 Å². The Labute approximate surface area is 389 Å². The van der Waals surface area contributed by atoms with Gasteiger partial charge >= 0.3 is 5.97 Å². The van der Waals surface area contributed by atoms with E-state index in [1.165, 1.54) is 137 Å². The predicted octanol–water partition coefficient (Wildman–Crippen LogP) is 18.2. The Morgan fingerprint density at radius 1 is 0.571 bits per heavy atom. The maximum absolute atomic E-state index is 11.5. The molecule has 0 amide bonds. The third-order valence-electron chi connectivity index (χ3n) is 12.4. The largest absolute Gasteiger partial charge is 0.477 e. The van der Waals surface area contributed by atoms with Crippen LogP contribution in [0.3, 0.4) is 0 Å². The van der Waals surface area contributed by atoms with Crippen molar-refractivity contribution in [3.8, 4) is 45.8 Å². The number of carbonyl (C=O) groups is 1. The number of rotatable bonds is 22. The summed E-state index contributed by atoms with van der Waals surface area (Å²) in [5, 5.41) is 18.7. The van der Waals surface area contributed by atoms with Crippen LogP contribution < -0.4 is 4.90 Å².